The summed E-state index contributed by atoms with van der Waals surface area (Å²) in [5.41, 5.74) is 0.882. The van der Waals surface area contributed by atoms with Gasteiger partial charge in [0.1, 0.15) is 0 Å². The van der Waals surface area contributed by atoms with Gasteiger partial charge in [0.25, 0.3) is 0 Å². The van der Waals surface area contributed by atoms with Gasteiger partial charge in [0.05, 0.1) is 0 Å². The van der Waals surface area contributed by atoms with Gasteiger partial charge in [0, 0.05) is 17.5 Å². The normalized spacial score (nSPS) is 10.3. The highest BCUT2D eigenvalue weighted by Gasteiger charge is 2.02. The second kappa shape index (κ2) is 4.98. The van der Waals surface area contributed by atoms with E-state index in [0.717, 1.165) is 25.0 Å². The van der Waals surface area contributed by atoms with Crippen LogP contribution in [0.3, 0.4) is 0 Å². The average molecular weight is 165 g/mol. The molecular formula is C11H19N. The van der Waals surface area contributed by atoms with E-state index in [0.29, 0.717) is 0 Å². The molecule has 0 aromatic carbocycles. The van der Waals surface area contributed by atoms with Crippen LogP contribution in [0, 0.1) is 22.7 Å². The van der Waals surface area contributed by atoms with Gasteiger partial charge in [-0.15, -0.1) is 5.92 Å². The molecule has 1 heteroatoms. The van der Waals surface area contributed by atoms with E-state index in [9.17, 15) is 0 Å². The first-order chi connectivity index (χ1) is 5.42. The first kappa shape index (κ1) is 11.2. The summed E-state index contributed by atoms with van der Waals surface area (Å²) in [5.74, 6) is 6.31. The first-order valence-corrected chi connectivity index (χ1v) is 4.46. The summed E-state index contributed by atoms with van der Waals surface area (Å²) in [6.07, 6.45) is 2.84. The fourth-order valence-electron chi connectivity index (χ4n) is 0.770. The molecule has 0 amide bonds. The molecule has 0 fully saturated rings. The Labute approximate surface area is 76.1 Å². The van der Waals surface area contributed by atoms with Crippen molar-refractivity contribution in [2.24, 2.45) is 5.41 Å². The molecule has 1 N–H and O–H groups in total. The Hall–Kier alpha value is -0.770. The smallest absolute Gasteiger partial charge is 0.0230 e. The van der Waals surface area contributed by atoms with Crippen LogP contribution in [-0.4, -0.2) is 5.71 Å². The van der Waals surface area contributed by atoms with Crippen LogP contribution in [0.15, 0.2) is 0 Å². The summed E-state index contributed by atoms with van der Waals surface area (Å²) in [4.78, 5) is 0. The molecule has 12 heavy (non-hydrogen) atoms. The molecule has 0 saturated carbocycles. The average Bonchev–Trinajstić information content (AvgIpc) is 1.83. The molecule has 0 spiro atoms. The molecule has 0 aliphatic rings. The van der Waals surface area contributed by atoms with E-state index in [1.807, 2.05) is 6.92 Å². The zero-order chi connectivity index (χ0) is 9.61. The number of hydrogen-bond acceptors (Lipinski definition) is 1. The molecule has 0 aliphatic heterocycles. The van der Waals surface area contributed by atoms with Crippen LogP contribution in [0.2, 0.25) is 0 Å². The third kappa shape index (κ3) is 9.23. The fourth-order valence-corrected chi connectivity index (χ4v) is 0.770. The first-order valence-electron chi connectivity index (χ1n) is 4.46. The van der Waals surface area contributed by atoms with Gasteiger partial charge in [0.2, 0.25) is 0 Å². The Morgan fingerprint density at radius 2 is 1.92 bits per heavy atom. The SMILES string of the molecule is CC(=N)CCCC#CC(C)(C)C. The highest BCUT2D eigenvalue weighted by Crippen LogP contribution is 2.10. The summed E-state index contributed by atoms with van der Waals surface area (Å²) in [5, 5.41) is 7.20. The molecule has 68 valence electrons. The molecule has 1 nitrogen and oxygen atoms in total. The maximum atomic E-state index is 7.20. The van der Waals surface area contributed by atoms with Crippen molar-refractivity contribution in [3.05, 3.63) is 0 Å². The predicted molar refractivity (Wildman–Crippen MR) is 54.5 cm³/mol. The molecular weight excluding hydrogens is 146 g/mol. The predicted octanol–water partition coefficient (Wildman–Crippen LogP) is 3.25. The summed E-state index contributed by atoms with van der Waals surface area (Å²) >= 11 is 0. The largest absolute Gasteiger partial charge is 0.310 e. The van der Waals surface area contributed by atoms with Crippen molar-refractivity contribution in [2.45, 2.75) is 47.0 Å². The highest BCUT2D eigenvalue weighted by molar-refractivity contribution is 5.78. The van der Waals surface area contributed by atoms with E-state index in [4.69, 9.17) is 5.41 Å². The van der Waals surface area contributed by atoms with E-state index >= 15 is 0 Å². The van der Waals surface area contributed by atoms with Gasteiger partial charge in [-0.1, -0.05) is 5.92 Å². The second-order valence-electron chi connectivity index (χ2n) is 4.19. The molecule has 0 aliphatic carbocycles. The minimum Gasteiger partial charge on any atom is -0.310 e. The highest BCUT2D eigenvalue weighted by atomic mass is 14.4. The van der Waals surface area contributed by atoms with Crippen molar-refractivity contribution >= 4 is 5.71 Å². The zero-order valence-electron chi connectivity index (χ0n) is 8.62. The summed E-state index contributed by atoms with van der Waals surface area (Å²) in [7, 11) is 0. The van der Waals surface area contributed by atoms with Crippen LogP contribution in [0.5, 0.6) is 0 Å². The summed E-state index contributed by atoms with van der Waals surface area (Å²) in [6.45, 7) is 8.18. The van der Waals surface area contributed by atoms with Crippen LogP contribution >= 0.6 is 0 Å². The lowest BCUT2D eigenvalue weighted by atomic mass is 9.97. The summed E-state index contributed by atoms with van der Waals surface area (Å²) in [6, 6.07) is 0. The maximum absolute atomic E-state index is 7.20. The van der Waals surface area contributed by atoms with Crippen molar-refractivity contribution in [1.29, 1.82) is 5.41 Å². The van der Waals surface area contributed by atoms with Gasteiger partial charge < -0.3 is 5.41 Å². The molecule has 0 bridgehead atoms. The van der Waals surface area contributed by atoms with Gasteiger partial charge >= 0.3 is 0 Å². The minimum absolute atomic E-state index is 0.125. The number of nitrogens with one attached hydrogen (secondary N) is 1. The molecule has 0 heterocycles. The fraction of sp³-hybridized carbons (Fsp3) is 0.727. The van der Waals surface area contributed by atoms with Crippen molar-refractivity contribution < 1.29 is 0 Å². The number of unbranched alkanes of at least 4 members (excludes halogenated alkanes) is 1. The van der Waals surface area contributed by atoms with Crippen LogP contribution in [-0.2, 0) is 0 Å². The standard InChI is InChI=1S/C11H19N/c1-10(12)8-6-5-7-9-11(2,3)4/h12H,5-6,8H2,1-4H3. The third-order valence-electron chi connectivity index (χ3n) is 1.32. The lowest BCUT2D eigenvalue weighted by molar-refractivity contribution is 0.570. The van der Waals surface area contributed by atoms with E-state index in [2.05, 4.69) is 32.6 Å². The molecule has 0 rings (SSSR count). The Morgan fingerprint density at radius 3 is 2.33 bits per heavy atom. The Bertz CT molecular complexity index is 197. The van der Waals surface area contributed by atoms with Crippen LogP contribution in [0.4, 0.5) is 0 Å². The zero-order valence-corrected chi connectivity index (χ0v) is 8.62. The van der Waals surface area contributed by atoms with Gasteiger partial charge in [0.15, 0.2) is 0 Å². The molecule has 0 atom stereocenters. The molecule has 0 radical (unpaired) electrons. The van der Waals surface area contributed by atoms with Crippen LogP contribution < -0.4 is 0 Å². The summed E-state index contributed by atoms with van der Waals surface area (Å²) < 4.78 is 0. The van der Waals surface area contributed by atoms with Gasteiger partial charge in [-0.2, -0.15) is 0 Å². The molecule has 0 aromatic rings. The monoisotopic (exact) mass is 165 g/mol. The van der Waals surface area contributed by atoms with Gasteiger partial charge in [-0.25, -0.2) is 0 Å². The topological polar surface area (TPSA) is 23.9 Å². The van der Waals surface area contributed by atoms with E-state index in [1.54, 1.807) is 0 Å². The lowest BCUT2D eigenvalue weighted by Gasteiger charge is -2.06. The van der Waals surface area contributed by atoms with Crippen LogP contribution in [0.25, 0.3) is 0 Å². The Balaban J connectivity index is 3.53. The maximum Gasteiger partial charge on any atom is 0.0230 e. The van der Waals surface area contributed by atoms with Crippen molar-refractivity contribution in [3.8, 4) is 11.8 Å². The van der Waals surface area contributed by atoms with Crippen molar-refractivity contribution in [1.82, 2.24) is 0 Å². The number of hydrogen-bond donors (Lipinski definition) is 1. The van der Waals surface area contributed by atoms with Crippen LogP contribution in [0.1, 0.15) is 47.0 Å². The lowest BCUT2D eigenvalue weighted by Crippen LogP contribution is -1.99. The molecule has 0 unspecified atom stereocenters. The van der Waals surface area contributed by atoms with E-state index in [1.165, 1.54) is 0 Å². The molecule has 0 aromatic heterocycles. The third-order valence-corrected chi connectivity index (χ3v) is 1.32. The van der Waals surface area contributed by atoms with Crippen molar-refractivity contribution in [2.75, 3.05) is 0 Å². The van der Waals surface area contributed by atoms with E-state index < -0.39 is 0 Å². The van der Waals surface area contributed by atoms with Gasteiger partial charge in [-0.05, 0) is 40.5 Å². The van der Waals surface area contributed by atoms with Crippen molar-refractivity contribution in [3.63, 3.8) is 0 Å². The second-order valence-corrected chi connectivity index (χ2v) is 4.19. The quantitative estimate of drug-likeness (QED) is 0.377. The number of rotatable bonds is 3. The Kier molecular flexibility index (Phi) is 4.66. The Morgan fingerprint density at radius 1 is 1.33 bits per heavy atom. The van der Waals surface area contributed by atoms with Gasteiger partial charge in [-0.3, -0.25) is 0 Å². The minimum atomic E-state index is 0.125. The van der Waals surface area contributed by atoms with E-state index in [-0.39, 0.29) is 5.41 Å². The molecule has 0 saturated heterocycles.